The highest BCUT2D eigenvalue weighted by atomic mass is 79.9. The Morgan fingerprint density at radius 3 is 2.71 bits per heavy atom. The highest BCUT2D eigenvalue weighted by Crippen LogP contribution is 2.24. The van der Waals surface area contributed by atoms with Crippen LogP contribution in [0.15, 0.2) is 44.3 Å². The van der Waals surface area contributed by atoms with Gasteiger partial charge in [0.25, 0.3) is 0 Å². The van der Waals surface area contributed by atoms with E-state index in [-0.39, 0.29) is 5.78 Å². The van der Waals surface area contributed by atoms with Crippen LogP contribution >= 0.6 is 43.6 Å². The number of hydrogen-bond acceptors (Lipinski definition) is 4. The molecule has 2 rings (SSSR count). The lowest BCUT2D eigenvalue weighted by Gasteiger charge is -2.07. The molecule has 1 heterocycles. The summed E-state index contributed by atoms with van der Waals surface area (Å²) in [6.07, 6.45) is 1.65. The van der Waals surface area contributed by atoms with Gasteiger partial charge in [-0.15, -0.1) is 11.8 Å². The quantitative estimate of drug-likeness (QED) is 0.488. The fourth-order valence-electron chi connectivity index (χ4n) is 1.74. The second kappa shape index (κ2) is 8.12. The number of hydrogen-bond donors (Lipinski definition) is 0. The number of methoxy groups -OCH3 is 1. The van der Waals surface area contributed by atoms with E-state index in [2.05, 4.69) is 37.0 Å². The van der Waals surface area contributed by atoms with Crippen molar-refractivity contribution in [1.82, 2.24) is 9.78 Å². The Morgan fingerprint density at radius 1 is 1.33 bits per heavy atom. The van der Waals surface area contributed by atoms with Crippen LogP contribution in [0.25, 0.3) is 0 Å². The zero-order valence-electron chi connectivity index (χ0n) is 11.4. The minimum Gasteiger partial charge on any atom is -0.383 e. The Labute approximate surface area is 144 Å². The Bertz CT molecular complexity index is 614. The zero-order valence-corrected chi connectivity index (χ0v) is 15.4. The Balaban J connectivity index is 2.02. The van der Waals surface area contributed by atoms with Gasteiger partial charge in [-0.25, -0.2) is 0 Å². The number of aromatic nitrogens is 2. The van der Waals surface area contributed by atoms with Crippen molar-refractivity contribution >= 4 is 49.4 Å². The van der Waals surface area contributed by atoms with Crippen molar-refractivity contribution in [3.63, 3.8) is 0 Å². The van der Waals surface area contributed by atoms with Gasteiger partial charge >= 0.3 is 0 Å². The largest absolute Gasteiger partial charge is 0.383 e. The average molecular weight is 434 g/mol. The summed E-state index contributed by atoms with van der Waals surface area (Å²) >= 11 is 8.29. The summed E-state index contributed by atoms with van der Waals surface area (Å²) < 4.78 is 8.46. The third kappa shape index (κ3) is 4.67. The topological polar surface area (TPSA) is 44.1 Å². The first-order valence-corrected chi connectivity index (χ1v) is 8.81. The van der Waals surface area contributed by atoms with Crippen LogP contribution in [0.3, 0.4) is 0 Å². The summed E-state index contributed by atoms with van der Waals surface area (Å²) in [5.41, 5.74) is 0.594. The molecule has 0 radical (unpaired) electrons. The van der Waals surface area contributed by atoms with Gasteiger partial charge in [0.1, 0.15) is 5.69 Å². The van der Waals surface area contributed by atoms with E-state index in [9.17, 15) is 4.79 Å². The number of nitrogens with zero attached hydrogens (tertiary/aromatic N) is 2. The minimum absolute atomic E-state index is 0.0448. The van der Waals surface area contributed by atoms with E-state index in [1.54, 1.807) is 18.0 Å². The second-order valence-corrected chi connectivity index (χ2v) is 7.04. The van der Waals surface area contributed by atoms with E-state index in [1.165, 1.54) is 11.8 Å². The Hall–Kier alpha value is -0.630. The molecule has 0 aliphatic rings. The van der Waals surface area contributed by atoms with E-state index in [0.717, 1.165) is 13.8 Å². The van der Waals surface area contributed by atoms with Gasteiger partial charge in [0, 0.05) is 16.5 Å². The Morgan fingerprint density at radius 2 is 2.05 bits per heavy atom. The lowest BCUT2D eigenvalue weighted by Crippen LogP contribution is -2.15. The number of carbonyl (C=O) groups is 1. The normalized spacial score (nSPS) is 10.8. The van der Waals surface area contributed by atoms with Crippen molar-refractivity contribution in [3.8, 4) is 0 Å². The summed E-state index contributed by atoms with van der Waals surface area (Å²) in [4.78, 5) is 13.4. The molecule has 0 unspecified atom stereocenters. The number of ether oxygens (including phenoxy) is 1. The molecule has 0 aliphatic carbocycles. The number of thioether (sulfide) groups is 1. The third-order valence-corrected chi connectivity index (χ3v) is 4.87. The molecule has 21 heavy (non-hydrogen) atoms. The molecule has 0 N–H and O–H groups in total. The van der Waals surface area contributed by atoms with Gasteiger partial charge in [0.2, 0.25) is 0 Å². The average Bonchev–Trinajstić information content (AvgIpc) is 2.85. The molecular formula is C14H14Br2N2O2S. The van der Waals surface area contributed by atoms with Crippen molar-refractivity contribution in [3.05, 3.63) is 45.1 Å². The van der Waals surface area contributed by atoms with E-state index in [0.29, 0.717) is 24.6 Å². The van der Waals surface area contributed by atoms with Crippen LogP contribution in [0.2, 0.25) is 0 Å². The van der Waals surface area contributed by atoms with Gasteiger partial charge in [0.05, 0.1) is 29.6 Å². The first kappa shape index (κ1) is 16.7. The second-order valence-electron chi connectivity index (χ2n) is 4.22. The molecule has 0 amide bonds. The van der Waals surface area contributed by atoms with Gasteiger partial charge < -0.3 is 4.74 Å². The van der Waals surface area contributed by atoms with Crippen LogP contribution in [0.1, 0.15) is 10.5 Å². The molecule has 2 aromatic rings. The van der Waals surface area contributed by atoms with Crippen LogP contribution in [-0.4, -0.2) is 35.0 Å². The molecule has 1 aromatic heterocycles. The van der Waals surface area contributed by atoms with Crippen molar-refractivity contribution < 1.29 is 9.53 Å². The maximum Gasteiger partial charge on any atom is 0.192 e. The predicted octanol–water partition coefficient (Wildman–Crippen LogP) is 4.03. The Kier molecular flexibility index (Phi) is 6.47. The molecule has 112 valence electrons. The van der Waals surface area contributed by atoms with Gasteiger partial charge in [-0.1, -0.05) is 15.9 Å². The SMILES string of the molecule is COCCn1ncc(Br)c1C(=O)CSc1ccc(Br)cc1. The number of benzene rings is 1. The molecule has 1 aromatic carbocycles. The first-order chi connectivity index (χ1) is 10.1. The van der Waals surface area contributed by atoms with Gasteiger partial charge in [-0.2, -0.15) is 5.10 Å². The summed E-state index contributed by atoms with van der Waals surface area (Å²) in [6.45, 7) is 1.08. The summed E-state index contributed by atoms with van der Waals surface area (Å²) in [6, 6.07) is 7.90. The first-order valence-electron chi connectivity index (χ1n) is 6.23. The number of carbonyl (C=O) groups excluding carboxylic acids is 1. The van der Waals surface area contributed by atoms with Gasteiger partial charge in [-0.3, -0.25) is 9.48 Å². The molecule has 0 aliphatic heterocycles. The summed E-state index contributed by atoms with van der Waals surface area (Å²) in [5.74, 6) is 0.419. The van der Waals surface area contributed by atoms with E-state index in [1.807, 2.05) is 24.3 Å². The van der Waals surface area contributed by atoms with Crippen LogP contribution in [0, 0.1) is 0 Å². The van der Waals surface area contributed by atoms with Gasteiger partial charge in [-0.05, 0) is 40.2 Å². The van der Waals surface area contributed by atoms with Crippen LogP contribution in [-0.2, 0) is 11.3 Å². The molecule has 0 saturated heterocycles. The monoisotopic (exact) mass is 432 g/mol. The number of halogens is 2. The fourth-order valence-corrected chi connectivity index (χ4v) is 3.28. The highest BCUT2D eigenvalue weighted by molar-refractivity contribution is 9.10. The molecule has 0 atom stereocenters. The maximum atomic E-state index is 12.4. The standard InChI is InChI=1S/C14H14Br2N2O2S/c1-20-7-6-18-14(12(16)8-17-18)13(19)9-21-11-4-2-10(15)3-5-11/h2-5,8H,6-7,9H2,1H3. The van der Waals surface area contributed by atoms with Crippen molar-refractivity contribution in [1.29, 1.82) is 0 Å². The fraction of sp³-hybridized carbons (Fsp3) is 0.286. The van der Waals surface area contributed by atoms with Crippen LogP contribution in [0.4, 0.5) is 0 Å². The molecule has 0 bridgehead atoms. The summed E-state index contributed by atoms with van der Waals surface area (Å²) in [7, 11) is 1.63. The number of ketones is 1. The lowest BCUT2D eigenvalue weighted by atomic mass is 10.3. The molecule has 0 fully saturated rings. The molecule has 7 heteroatoms. The molecular weight excluding hydrogens is 420 g/mol. The smallest absolute Gasteiger partial charge is 0.192 e. The number of rotatable bonds is 7. The van der Waals surface area contributed by atoms with Crippen molar-refractivity contribution in [2.45, 2.75) is 11.4 Å². The maximum absolute atomic E-state index is 12.4. The van der Waals surface area contributed by atoms with Crippen molar-refractivity contribution in [2.24, 2.45) is 0 Å². The van der Waals surface area contributed by atoms with Crippen LogP contribution < -0.4 is 0 Å². The van der Waals surface area contributed by atoms with Crippen molar-refractivity contribution in [2.75, 3.05) is 19.5 Å². The zero-order chi connectivity index (χ0) is 15.2. The van der Waals surface area contributed by atoms with Gasteiger partial charge in [0.15, 0.2) is 5.78 Å². The predicted molar refractivity (Wildman–Crippen MR) is 91.0 cm³/mol. The third-order valence-electron chi connectivity index (χ3n) is 2.75. The van der Waals surface area contributed by atoms with Crippen LogP contribution in [0.5, 0.6) is 0 Å². The summed E-state index contributed by atoms with van der Waals surface area (Å²) in [5, 5.41) is 4.19. The molecule has 4 nitrogen and oxygen atoms in total. The lowest BCUT2D eigenvalue weighted by molar-refractivity contribution is 0.100. The minimum atomic E-state index is 0.0448. The molecule has 0 spiro atoms. The number of Topliss-reactive ketones (excluding diaryl/α,β-unsaturated/α-hetero) is 1. The highest BCUT2D eigenvalue weighted by Gasteiger charge is 2.17. The molecule has 0 saturated carbocycles. The van der Waals surface area contributed by atoms with E-state index in [4.69, 9.17) is 4.74 Å². The van der Waals surface area contributed by atoms with E-state index >= 15 is 0 Å². The van der Waals surface area contributed by atoms with E-state index < -0.39 is 0 Å².